The van der Waals surface area contributed by atoms with Crippen LogP contribution in [0.3, 0.4) is 0 Å². The molecule has 4 rings (SSSR count). The van der Waals surface area contributed by atoms with Crippen LogP contribution in [0.5, 0.6) is 11.5 Å². The molecule has 0 fully saturated rings. The molecule has 15 heteroatoms. The standard InChI is InChI=1S/C33H45N3O9S3/c1-23-20-36(24(2)22-37)33(38)29-19-26(34-47(39,40)28-14-12-27(43-5)13-15-28)11-16-30(29)45-25(3)9-6-7-17-44-31(23)21-35(4)48(41,42)32-10-8-18-46-32/h8,10-16,18-19,23-25,31,34,37H,6-7,9,17,20-22H2,1-5H3/t23-,24+,25-,31+/m1/s1. The molecule has 264 valence electrons. The van der Waals surface area contributed by atoms with E-state index in [4.69, 9.17) is 14.2 Å². The lowest BCUT2D eigenvalue weighted by atomic mass is 10.0. The number of anilines is 1. The molecule has 0 saturated carbocycles. The van der Waals surface area contributed by atoms with Gasteiger partial charge in [0.25, 0.3) is 26.0 Å². The van der Waals surface area contributed by atoms with Crippen LogP contribution >= 0.6 is 11.3 Å². The Morgan fingerprint density at radius 3 is 2.48 bits per heavy atom. The van der Waals surface area contributed by atoms with Gasteiger partial charge in [0.15, 0.2) is 0 Å². The Bertz CT molecular complexity index is 1720. The number of aliphatic hydroxyl groups excluding tert-OH is 1. The Morgan fingerprint density at radius 2 is 1.83 bits per heavy atom. The lowest BCUT2D eigenvalue weighted by Gasteiger charge is -2.35. The highest BCUT2D eigenvalue weighted by molar-refractivity contribution is 7.92. The number of fused-ring (bicyclic) bond motifs is 1. The van der Waals surface area contributed by atoms with Gasteiger partial charge in [0.05, 0.1) is 42.4 Å². The van der Waals surface area contributed by atoms with E-state index in [-0.39, 0.29) is 57.8 Å². The molecule has 1 amide bonds. The summed E-state index contributed by atoms with van der Waals surface area (Å²) in [5.41, 5.74) is 0.276. The second-order valence-electron chi connectivity index (χ2n) is 12.0. The number of likely N-dealkylation sites (N-methyl/N-ethyl adjacent to an activating group) is 1. The Balaban J connectivity index is 1.67. The number of aliphatic hydroxyl groups is 1. The third kappa shape index (κ3) is 9.27. The zero-order valence-corrected chi connectivity index (χ0v) is 30.3. The highest BCUT2D eigenvalue weighted by Gasteiger charge is 2.33. The summed E-state index contributed by atoms with van der Waals surface area (Å²) < 4.78 is 74.7. The molecular weight excluding hydrogens is 679 g/mol. The average Bonchev–Trinajstić information content (AvgIpc) is 3.62. The van der Waals surface area contributed by atoms with E-state index in [1.165, 1.54) is 41.6 Å². The minimum atomic E-state index is -4.01. The summed E-state index contributed by atoms with van der Waals surface area (Å²) in [6, 6.07) is 13.1. The monoisotopic (exact) mass is 723 g/mol. The van der Waals surface area contributed by atoms with Crippen LogP contribution in [0, 0.1) is 5.92 Å². The molecule has 0 aliphatic carbocycles. The summed E-state index contributed by atoms with van der Waals surface area (Å²) in [5, 5.41) is 11.9. The van der Waals surface area contributed by atoms with Crippen molar-refractivity contribution >= 4 is 43.0 Å². The average molecular weight is 724 g/mol. The lowest BCUT2D eigenvalue weighted by Crippen LogP contribution is -2.48. The summed E-state index contributed by atoms with van der Waals surface area (Å²) in [6.45, 7) is 5.71. The molecule has 2 N–H and O–H groups in total. The summed E-state index contributed by atoms with van der Waals surface area (Å²) in [6.07, 6.45) is 1.30. The van der Waals surface area contributed by atoms with Crippen LogP contribution in [-0.2, 0) is 24.8 Å². The number of rotatable bonds is 10. The predicted octanol–water partition coefficient (Wildman–Crippen LogP) is 4.67. The number of methoxy groups -OCH3 is 1. The molecule has 0 bridgehead atoms. The number of benzene rings is 2. The molecule has 48 heavy (non-hydrogen) atoms. The van der Waals surface area contributed by atoms with Crippen molar-refractivity contribution in [2.24, 2.45) is 5.92 Å². The number of carbonyl (C=O) groups is 1. The highest BCUT2D eigenvalue weighted by Crippen LogP contribution is 2.30. The van der Waals surface area contributed by atoms with Gasteiger partial charge in [-0.25, -0.2) is 16.8 Å². The van der Waals surface area contributed by atoms with E-state index in [1.807, 2.05) is 13.8 Å². The highest BCUT2D eigenvalue weighted by atomic mass is 32.2. The maximum Gasteiger partial charge on any atom is 0.261 e. The van der Waals surface area contributed by atoms with E-state index < -0.39 is 38.1 Å². The molecule has 0 saturated heterocycles. The van der Waals surface area contributed by atoms with Gasteiger partial charge in [-0.1, -0.05) is 13.0 Å². The molecule has 0 spiro atoms. The van der Waals surface area contributed by atoms with E-state index in [9.17, 15) is 26.7 Å². The Kier molecular flexibility index (Phi) is 12.9. The fraction of sp³-hybridized carbons (Fsp3) is 0.485. The summed E-state index contributed by atoms with van der Waals surface area (Å²) in [5.74, 6) is -0.0411. The first kappa shape index (κ1) is 37.6. The number of carbonyl (C=O) groups excluding carboxylic acids is 1. The molecule has 4 atom stereocenters. The molecule has 0 radical (unpaired) electrons. The molecule has 1 aliphatic heterocycles. The van der Waals surface area contributed by atoms with Crippen LogP contribution in [0.25, 0.3) is 0 Å². The van der Waals surface area contributed by atoms with E-state index in [0.29, 0.717) is 25.2 Å². The van der Waals surface area contributed by atoms with Gasteiger partial charge in [0.2, 0.25) is 0 Å². The topological polar surface area (TPSA) is 152 Å². The van der Waals surface area contributed by atoms with Crippen LogP contribution < -0.4 is 14.2 Å². The van der Waals surface area contributed by atoms with Gasteiger partial charge in [-0.3, -0.25) is 9.52 Å². The third-order valence-corrected chi connectivity index (χ3v) is 12.9. The van der Waals surface area contributed by atoms with Gasteiger partial charge in [0.1, 0.15) is 15.7 Å². The molecule has 0 unspecified atom stereocenters. The van der Waals surface area contributed by atoms with Crippen molar-refractivity contribution < 1.29 is 40.9 Å². The molecule has 1 aromatic heterocycles. The van der Waals surface area contributed by atoms with Gasteiger partial charge in [-0.2, -0.15) is 4.31 Å². The predicted molar refractivity (Wildman–Crippen MR) is 185 cm³/mol. The first-order valence-electron chi connectivity index (χ1n) is 15.8. The smallest absolute Gasteiger partial charge is 0.261 e. The van der Waals surface area contributed by atoms with Crippen LogP contribution in [-0.4, -0.2) is 95.8 Å². The maximum absolute atomic E-state index is 14.4. The van der Waals surface area contributed by atoms with Crippen LogP contribution in [0.15, 0.2) is 69.1 Å². The van der Waals surface area contributed by atoms with E-state index >= 15 is 0 Å². The number of nitrogens with zero attached hydrogens (tertiary/aromatic N) is 2. The van der Waals surface area contributed by atoms with Crippen molar-refractivity contribution in [1.82, 2.24) is 9.21 Å². The van der Waals surface area contributed by atoms with Crippen LogP contribution in [0.4, 0.5) is 5.69 Å². The fourth-order valence-electron chi connectivity index (χ4n) is 5.33. The lowest BCUT2D eigenvalue weighted by molar-refractivity contribution is -0.00832. The van der Waals surface area contributed by atoms with Gasteiger partial charge in [-0.05, 0) is 87.0 Å². The largest absolute Gasteiger partial charge is 0.497 e. The number of thiophene rings is 1. The SMILES string of the molecule is COc1ccc(S(=O)(=O)Nc2ccc3c(c2)C(=O)N([C@@H](C)CO)C[C@@H](C)[C@H](CN(C)S(=O)(=O)c2cccs2)OCCCC[C@@H](C)O3)cc1. The number of hydrogen-bond acceptors (Lipinski definition) is 10. The zero-order chi connectivity index (χ0) is 35.1. The molecule has 12 nitrogen and oxygen atoms in total. The molecule has 2 aromatic carbocycles. The van der Waals surface area contributed by atoms with Crippen molar-refractivity contribution in [3.63, 3.8) is 0 Å². The van der Waals surface area contributed by atoms with Crippen molar-refractivity contribution in [2.45, 2.75) is 67.4 Å². The maximum atomic E-state index is 14.4. The number of hydrogen-bond donors (Lipinski definition) is 2. The van der Waals surface area contributed by atoms with Crippen molar-refractivity contribution in [2.75, 3.05) is 45.2 Å². The number of sulfonamides is 2. The second-order valence-corrected chi connectivity index (χ2v) is 16.9. The Morgan fingerprint density at radius 1 is 1.10 bits per heavy atom. The third-order valence-electron chi connectivity index (χ3n) is 8.27. The van der Waals surface area contributed by atoms with E-state index in [2.05, 4.69) is 4.72 Å². The molecule has 3 aromatic rings. The number of ether oxygens (including phenoxy) is 3. The van der Waals surface area contributed by atoms with E-state index in [1.54, 1.807) is 48.7 Å². The Labute approximate surface area is 287 Å². The normalized spacial score (nSPS) is 20.8. The first-order chi connectivity index (χ1) is 22.8. The second kappa shape index (κ2) is 16.5. The van der Waals surface area contributed by atoms with Crippen molar-refractivity contribution in [3.8, 4) is 11.5 Å². The fourth-order valence-corrected chi connectivity index (χ4v) is 8.77. The molecular formula is C33H45N3O9S3. The van der Waals surface area contributed by atoms with Crippen LogP contribution in [0.1, 0.15) is 50.4 Å². The van der Waals surface area contributed by atoms with E-state index in [0.717, 1.165) is 17.8 Å². The zero-order valence-electron chi connectivity index (χ0n) is 27.9. The Hall–Kier alpha value is -3.21. The van der Waals surface area contributed by atoms with Gasteiger partial charge < -0.3 is 24.2 Å². The van der Waals surface area contributed by atoms with Crippen LogP contribution in [0.2, 0.25) is 0 Å². The minimum Gasteiger partial charge on any atom is -0.497 e. The van der Waals surface area contributed by atoms with Crippen molar-refractivity contribution in [1.29, 1.82) is 0 Å². The number of nitrogens with one attached hydrogen (secondary N) is 1. The van der Waals surface area contributed by atoms with Gasteiger partial charge in [0, 0.05) is 38.3 Å². The summed E-state index contributed by atoms with van der Waals surface area (Å²) >= 11 is 1.14. The summed E-state index contributed by atoms with van der Waals surface area (Å²) in [4.78, 5) is 15.9. The van der Waals surface area contributed by atoms with Gasteiger partial charge >= 0.3 is 0 Å². The van der Waals surface area contributed by atoms with Crippen molar-refractivity contribution in [3.05, 3.63) is 65.5 Å². The number of amides is 1. The van der Waals surface area contributed by atoms with Gasteiger partial charge in [-0.15, -0.1) is 11.3 Å². The molecule has 2 heterocycles. The summed E-state index contributed by atoms with van der Waals surface area (Å²) in [7, 11) is -4.76. The molecule has 1 aliphatic rings. The quantitative estimate of drug-likeness (QED) is 0.304. The minimum absolute atomic E-state index is 0.0149. The first-order valence-corrected chi connectivity index (χ1v) is 19.6.